The summed E-state index contributed by atoms with van der Waals surface area (Å²) < 4.78 is 38.6. The van der Waals surface area contributed by atoms with Gasteiger partial charge < -0.3 is 10.2 Å². The van der Waals surface area contributed by atoms with Crippen molar-refractivity contribution in [3.8, 4) is 0 Å². The normalized spacial score (nSPS) is 15.7. The van der Waals surface area contributed by atoms with E-state index in [9.17, 15) is 18.0 Å². The van der Waals surface area contributed by atoms with Crippen LogP contribution in [-0.2, 0) is 6.18 Å². The smallest absolute Gasteiger partial charge is 0.339 e. The molecule has 4 nitrogen and oxygen atoms in total. The molecule has 1 fully saturated rings. The van der Waals surface area contributed by atoms with Crippen LogP contribution < -0.4 is 5.32 Å². The highest BCUT2D eigenvalue weighted by atomic mass is 35.5. The van der Waals surface area contributed by atoms with Gasteiger partial charge in [0.25, 0.3) is 5.91 Å². The Morgan fingerprint density at radius 2 is 1.93 bits per heavy atom. The van der Waals surface area contributed by atoms with Crippen molar-refractivity contribution >= 4 is 29.0 Å². The largest absolute Gasteiger partial charge is 0.416 e. The number of piperidine rings is 1. The average molecular weight is 398 g/mol. The lowest BCUT2D eigenvalue weighted by Gasteiger charge is -2.30. The third-order valence-corrected chi connectivity index (χ3v) is 4.97. The van der Waals surface area contributed by atoms with Gasteiger partial charge in [0.15, 0.2) is 0 Å². The van der Waals surface area contributed by atoms with Gasteiger partial charge in [0, 0.05) is 19.3 Å². The number of carbonyl (C=O) groups excluding carboxylic acids is 1. The van der Waals surface area contributed by atoms with Gasteiger partial charge in [-0.2, -0.15) is 13.2 Å². The van der Waals surface area contributed by atoms with Crippen LogP contribution in [0.1, 0.15) is 35.7 Å². The van der Waals surface area contributed by atoms with Gasteiger partial charge in [0.1, 0.15) is 5.82 Å². The van der Waals surface area contributed by atoms with E-state index in [2.05, 4.69) is 17.2 Å². The number of rotatable bonds is 3. The fraction of sp³-hybridized carbons (Fsp3) is 0.368. The number of hydrogen-bond donors (Lipinski definition) is 1. The molecule has 0 bridgehead atoms. The minimum absolute atomic E-state index is 0.0851. The van der Waals surface area contributed by atoms with Gasteiger partial charge in [0.05, 0.1) is 21.8 Å². The molecule has 0 saturated carbocycles. The molecule has 1 N–H and O–H groups in total. The van der Waals surface area contributed by atoms with Gasteiger partial charge in [-0.1, -0.05) is 18.5 Å². The number of nitrogens with one attached hydrogen (secondary N) is 1. The van der Waals surface area contributed by atoms with Crippen molar-refractivity contribution in [1.29, 1.82) is 0 Å². The summed E-state index contributed by atoms with van der Waals surface area (Å²) in [5.74, 6) is 0.842. The Bertz CT molecular complexity index is 816. The predicted octanol–water partition coefficient (Wildman–Crippen LogP) is 5.37. The number of pyridine rings is 1. The number of likely N-dealkylation sites (tertiary alicyclic amines) is 1. The summed E-state index contributed by atoms with van der Waals surface area (Å²) in [5, 5.41) is 2.91. The van der Waals surface area contributed by atoms with Crippen LogP contribution >= 0.6 is 11.6 Å². The van der Waals surface area contributed by atoms with Crippen LogP contribution in [0.2, 0.25) is 5.02 Å². The standard InChI is InChI=1S/C19H19ClF3N3O/c1-12-6-8-26(9-7-12)18(27)13-2-5-17(24-11-13)25-16-10-14(19(21,22)23)3-4-15(16)20/h2-5,10-12H,6-9H2,1H3,(H,24,25). The average Bonchev–Trinajstić information content (AvgIpc) is 2.63. The molecule has 1 aromatic carbocycles. The zero-order valence-electron chi connectivity index (χ0n) is 14.7. The first-order chi connectivity index (χ1) is 12.7. The first-order valence-electron chi connectivity index (χ1n) is 8.63. The summed E-state index contributed by atoms with van der Waals surface area (Å²) in [6.45, 7) is 3.61. The Balaban J connectivity index is 1.72. The lowest BCUT2D eigenvalue weighted by molar-refractivity contribution is -0.137. The summed E-state index contributed by atoms with van der Waals surface area (Å²) in [7, 11) is 0. The van der Waals surface area contributed by atoms with Crippen molar-refractivity contribution in [2.24, 2.45) is 5.92 Å². The van der Waals surface area contributed by atoms with E-state index >= 15 is 0 Å². The quantitative estimate of drug-likeness (QED) is 0.757. The van der Waals surface area contributed by atoms with Gasteiger partial charge >= 0.3 is 6.18 Å². The maximum atomic E-state index is 12.9. The third-order valence-electron chi connectivity index (χ3n) is 4.64. The van der Waals surface area contributed by atoms with Crippen LogP contribution in [0.3, 0.4) is 0 Å². The summed E-state index contributed by atoms with van der Waals surface area (Å²) >= 11 is 5.97. The van der Waals surface area contributed by atoms with Crippen LogP contribution in [0.25, 0.3) is 0 Å². The molecule has 1 aliphatic heterocycles. The molecule has 1 aromatic heterocycles. The Morgan fingerprint density at radius 3 is 2.52 bits per heavy atom. The molecule has 27 heavy (non-hydrogen) atoms. The maximum Gasteiger partial charge on any atom is 0.416 e. The first kappa shape index (κ1) is 19.5. The van der Waals surface area contributed by atoms with Crippen LogP contribution in [0.4, 0.5) is 24.7 Å². The van der Waals surface area contributed by atoms with E-state index in [0.29, 0.717) is 17.3 Å². The Morgan fingerprint density at radius 1 is 1.22 bits per heavy atom. The van der Waals surface area contributed by atoms with E-state index in [0.717, 1.165) is 38.1 Å². The molecule has 0 unspecified atom stereocenters. The maximum absolute atomic E-state index is 12.9. The third kappa shape index (κ3) is 4.71. The van der Waals surface area contributed by atoms with Crippen molar-refractivity contribution in [2.75, 3.05) is 18.4 Å². The number of nitrogens with zero attached hydrogens (tertiary/aromatic N) is 2. The van der Waals surface area contributed by atoms with Crippen LogP contribution in [0.5, 0.6) is 0 Å². The number of hydrogen-bond acceptors (Lipinski definition) is 3. The van der Waals surface area contributed by atoms with E-state index < -0.39 is 11.7 Å². The zero-order chi connectivity index (χ0) is 19.6. The topological polar surface area (TPSA) is 45.2 Å². The number of anilines is 2. The van der Waals surface area contributed by atoms with Gasteiger partial charge in [-0.3, -0.25) is 4.79 Å². The van der Waals surface area contributed by atoms with Crippen LogP contribution in [-0.4, -0.2) is 28.9 Å². The lowest BCUT2D eigenvalue weighted by atomic mass is 9.99. The molecule has 144 valence electrons. The highest BCUT2D eigenvalue weighted by Gasteiger charge is 2.31. The highest BCUT2D eigenvalue weighted by molar-refractivity contribution is 6.33. The molecular formula is C19H19ClF3N3O. The monoisotopic (exact) mass is 397 g/mol. The number of benzene rings is 1. The van der Waals surface area contributed by atoms with Gasteiger partial charge in [0.2, 0.25) is 0 Å². The van der Waals surface area contributed by atoms with Crippen molar-refractivity contribution in [2.45, 2.75) is 25.9 Å². The second kappa shape index (κ2) is 7.76. The molecule has 0 atom stereocenters. The molecule has 8 heteroatoms. The number of halogens is 4. The molecule has 3 rings (SSSR count). The summed E-state index contributed by atoms with van der Waals surface area (Å²) in [6, 6.07) is 6.19. The fourth-order valence-electron chi connectivity index (χ4n) is 2.92. The number of amides is 1. The minimum atomic E-state index is -4.46. The van der Waals surface area contributed by atoms with E-state index in [4.69, 9.17) is 11.6 Å². The molecule has 0 spiro atoms. The molecular weight excluding hydrogens is 379 g/mol. The molecule has 0 aliphatic carbocycles. The highest BCUT2D eigenvalue weighted by Crippen LogP contribution is 2.34. The second-order valence-corrected chi connectivity index (χ2v) is 7.13. The van der Waals surface area contributed by atoms with E-state index in [1.165, 1.54) is 12.3 Å². The molecule has 1 amide bonds. The Hall–Kier alpha value is -2.28. The molecule has 1 aliphatic rings. The van der Waals surface area contributed by atoms with Crippen LogP contribution in [0, 0.1) is 5.92 Å². The molecule has 2 aromatic rings. The molecule has 0 radical (unpaired) electrons. The summed E-state index contributed by atoms with van der Waals surface area (Å²) in [6.07, 6.45) is -1.08. The van der Waals surface area contributed by atoms with Crippen LogP contribution in [0.15, 0.2) is 36.5 Å². The SMILES string of the molecule is CC1CCN(C(=O)c2ccc(Nc3cc(C(F)(F)F)ccc3Cl)nc2)CC1. The Labute approximate surface area is 160 Å². The minimum Gasteiger partial charge on any atom is -0.339 e. The number of carbonyl (C=O) groups is 1. The van der Waals surface area contributed by atoms with E-state index in [1.54, 1.807) is 17.0 Å². The molecule has 2 heterocycles. The number of alkyl halides is 3. The lowest BCUT2D eigenvalue weighted by Crippen LogP contribution is -2.37. The van der Waals surface area contributed by atoms with Gasteiger partial charge in [-0.15, -0.1) is 0 Å². The van der Waals surface area contributed by atoms with Crippen molar-refractivity contribution < 1.29 is 18.0 Å². The van der Waals surface area contributed by atoms with Crippen molar-refractivity contribution in [1.82, 2.24) is 9.88 Å². The zero-order valence-corrected chi connectivity index (χ0v) is 15.4. The number of aromatic nitrogens is 1. The molecule has 1 saturated heterocycles. The van der Waals surface area contributed by atoms with Crippen molar-refractivity contribution in [3.63, 3.8) is 0 Å². The fourth-order valence-corrected chi connectivity index (χ4v) is 3.09. The first-order valence-corrected chi connectivity index (χ1v) is 9.01. The van der Waals surface area contributed by atoms with Gasteiger partial charge in [-0.05, 0) is 49.1 Å². The predicted molar refractivity (Wildman–Crippen MR) is 98.3 cm³/mol. The van der Waals surface area contributed by atoms with E-state index in [1.807, 2.05) is 0 Å². The van der Waals surface area contributed by atoms with Gasteiger partial charge in [-0.25, -0.2) is 4.98 Å². The summed E-state index contributed by atoms with van der Waals surface area (Å²) in [4.78, 5) is 18.4. The van der Waals surface area contributed by atoms with E-state index in [-0.39, 0.29) is 16.6 Å². The summed E-state index contributed by atoms with van der Waals surface area (Å²) in [5.41, 5.74) is -0.256. The second-order valence-electron chi connectivity index (χ2n) is 6.72. The van der Waals surface area contributed by atoms with Crippen molar-refractivity contribution in [3.05, 3.63) is 52.7 Å². The Kier molecular flexibility index (Phi) is 5.60.